The molecule has 2 aromatic carbocycles. The number of aromatic nitrogens is 1. The molecule has 1 aromatic heterocycles. The maximum atomic E-state index is 13.3. The van der Waals surface area contributed by atoms with Crippen LogP contribution >= 0.6 is 0 Å². The van der Waals surface area contributed by atoms with Gasteiger partial charge in [0, 0.05) is 43.8 Å². The molecule has 0 saturated heterocycles. The van der Waals surface area contributed by atoms with E-state index in [9.17, 15) is 4.79 Å². The minimum Gasteiger partial charge on any atom is -0.383 e. The van der Waals surface area contributed by atoms with E-state index in [0.29, 0.717) is 11.1 Å². The zero-order valence-corrected chi connectivity index (χ0v) is 14.4. The summed E-state index contributed by atoms with van der Waals surface area (Å²) < 4.78 is 0. The lowest BCUT2D eigenvalue weighted by Crippen LogP contribution is -2.10. The van der Waals surface area contributed by atoms with Gasteiger partial charge in [0.15, 0.2) is 5.78 Å². The van der Waals surface area contributed by atoms with E-state index in [1.54, 1.807) is 12.4 Å². The lowest BCUT2D eigenvalue weighted by atomic mass is 9.93. The Hall–Kier alpha value is -3.20. The van der Waals surface area contributed by atoms with Crippen LogP contribution in [0.3, 0.4) is 0 Å². The van der Waals surface area contributed by atoms with Crippen molar-refractivity contribution >= 4 is 11.4 Å². The van der Waals surface area contributed by atoms with Crippen LogP contribution in [-0.4, -0.2) is 29.8 Å². The number of allylic oxidation sites excluding steroid dienone is 1. The second-order valence-corrected chi connectivity index (χ2v) is 5.99. The standard InChI is InChI=1S/C22H20N2O/c1-24(2)16-21(18-11-7-4-8-12-18)22(25)20-15-23-14-13-19(20)17-9-5-3-6-10-17/h3-16H,1-2H3/b21-16+. The summed E-state index contributed by atoms with van der Waals surface area (Å²) in [5, 5.41) is 0. The quantitative estimate of drug-likeness (QED) is 0.509. The molecule has 0 aliphatic carbocycles. The van der Waals surface area contributed by atoms with Crippen LogP contribution in [0.4, 0.5) is 0 Å². The molecule has 0 unspecified atom stereocenters. The fourth-order valence-electron chi connectivity index (χ4n) is 2.73. The number of rotatable bonds is 5. The van der Waals surface area contributed by atoms with Gasteiger partial charge in [0.05, 0.1) is 0 Å². The Labute approximate surface area is 148 Å². The van der Waals surface area contributed by atoms with Gasteiger partial charge in [-0.2, -0.15) is 0 Å². The summed E-state index contributed by atoms with van der Waals surface area (Å²) in [6, 6.07) is 21.5. The summed E-state index contributed by atoms with van der Waals surface area (Å²) in [5.41, 5.74) is 4.04. The number of Topliss-reactive ketones (excluding diaryl/α,β-unsaturated/α-hetero) is 1. The molecular weight excluding hydrogens is 308 g/mol. The van der Waals surface area contributed by atoms with Crippen molar-refractivity contribution in [3.8, 4) is 11.1 Å². The molecule has 0 spiro atoms. The van der Waals surface area contributed by atoms with Crippen LogP contribution in [0.2, 0.25) is 0 Å². The smallest absolute Gasteiger partial charge is 0.197 e. The molecule has 0 bridgehead atoms. The Kier molecular flexibility index (Phi) is 5.05. The van der Waals surface area contributed by atoms with Gasteiger partial charge in [0.2, 0.25) is 0 Å². The third-order valence-electron chi connectivity index (χ3n) is 3.87. The molecule has 0 aliphatic rings. The first-order valence-electron chi connectivity index (χ1n) is 8.14. The molecule has 0 N–H and O–H groups in total. The number of hydrogen-bond donors (Lipinski definition) is 0. The van der Waals surface area contributed by atoms with E-state index >= 15 is 0 Å². The largest absolute Gasteiger partial charge is 0.383 e. The molecule has 0 atom stereocenters. The van der Waals surface area contributed by atoms with Gasteiger partial charge >= 0.3 is 0 Å². The van der Waals surface area contributed by atoms with Crippen molar-refractivity contribution < 1.29 is 4.79 Å². The van der Waals surface area contributed by atoms with Crippen LogP contribution < -0.4 is 0 Å². The van der Waals surface area contributed by atoms with Crippen molar-refractivity contribution in [2.75, 3.05) is 14.1 Å². The second-order valence-electron chi connectivity index (χ2n) is 5.99. The third-order valence-corrected chi connectivity index (χ3v) is 3.87. The van der Waals surface area contributed by atoms with Gasteiger partial charge < -0.3 is 4.90 Å². The summed E-state index contributed by atoms with van der Waals surface area (Å²) in [7, 11) is 3.83. The van der Waals surface area contributed by atoms with Crippen LogP contribution in [-0.2, 0) is 0 Å². The number of pyridine rings is 1. The highest BCUT2D eigenvalue weighted by Crippen LogP contribution is 2.28. The molecular formula is C22H20N2O. The highest BCUT2D eigenvalue weighted by molar-refractivity contribution is 6.30. The number of nitrogens with zero attached hydrogens (tertiary/aromatic N) is 2. The van der Waals surface area contributed by atoms with Crippen molar-refractivity contribution in [1.29, 1.82) is 0 Å². The third kappa shape index (κ3) is 3.83. The molecule has 3 heteroatoms. The second kappa shape index (κ2) is 7.58. The normalized spacial score (nSPS) is 11.2. The molecule has 0 saturated carbocycles. The molecule has 3 rings (SSSR count). The lowest BCUT2D eigenvalue weighted by molar-refractivity contribution is 0.105. The zero-order valence-electron chi connectivity index (χ0n) is 14.4. The van der Waals surface area contributed by atoms with Gasteiger partial charge in [-0.1, -0.05) is 60.7 Å². The highest BCUT2D eigenvalue weighted by Gasteiger charge is 2.19. The van der Waals surface area contributed by atoms with E-state index in [4.69, 9.17) is 0 Å². The number of hydrogen-bond acceptors (Lipinski definition) is 3. The van der Waals surface area contributed by atoms with Gasteiger partial charge in [0.25, 0.3) is 0 Å². The average molecular weight is 328 g/mol. The molecule has 0 amide bonds. The number of ketones is 1. The maximum Gasteiger partial charge on any atom is 0.197 e. The van der Waals surface area contributed by atoms with E-state index in [2.05, 4.69) is 4.98 Å². The summed E-state index contributed by atoms with van der Waals surface area (Å²) in [6.07, 6.45) is 5.23. The predicted molar refractivity (Wildman–Crippen MR) is 102 cm³/mol. The Bertz CT molecular complexity index is 884. The van der Waals surface area contributed by atoms with Crippen molar-refractivity contribution in [3.63, 3.8) is 0 Å². The first-order valence-corrected chi connectivity index (χ1v) is 8.14. The van der Waals surface area contributed by atoms with Crippen LogP contribution in [0, 0.1) is 0 Å². The summed E-state index contributed by atoms with van der Waals surface area (Å²) in [6.45, 7) is 0. The monoisotopic (exact) mass is 328 g/mol. The summed E-state index contributed by atoms with van der Waals surface area (Å²) in [5.74, 6) is -0.0353. The van der Waals surface area contributed by atoms with Gasteiger partial charge in [-0.15, -0.1) is 0 Å². The average Bonchev–Trinajstić information content (AvgIpc) is 2.67. The van der Waals surface area contributed by atoms with Gasteiger partial charge in [0.1, 0.15) is 0 Å². The topological polar surface area (TPSA) is 33.2 Å². The van der Waals surface area contributed by atoms with Crippen LogP contribution in [0.25, 0.3) is 16.7 Å². The molecule has 25 heavy (non-hydrogen) atoms. The fourth-order valence-corrected chi connectivity index (χ4v) is 2.73. The molecule has 124 valence electrons. The fraction of sp³-hybridized carbons (Fsp3) is 0.0909. The van der Waals surface area contributed by atoms with Gasteiger partial charge in [-0.25, -0.2) is 0 Å². The molecule has 1 heterocycles. The number of carbonyl (C=O) groups is 1. The molecule has 0 radical (unpaired) electrons. The Morgan fingerprint density at radius 1 is 0.920 bits per heavy atom. The minimum absolute atomic E-state index is 0.0353. The first-order chi connectivity index (χ1) is 12.2. The van der Waals surface area contributed by atoms with Crippen molar-refractivity contribution in [1.82, 2.24) is 9.88 Å². The van der Waals surface area contributed by atoms with Crippen LogP contribution in [0.15, 0.2) is 85.3 Å². The lowest BCUT2D eigenvalue weighted by Gasteiger charge is -2.14. The maximum absolute atomic E-state index is 13.3. The van der Waals surface area contributed by atoms with Gasteiger partial charge in [-0.3, -0.25) is 9.78 Å². The molecule has 3 nitrogen and oxygen atoms in total. The Morgan fingerprint density at radius 2 is 1.56 bits per heavy atom. The summed E-state index contributed by atoms with van der Waals surface area (Å²) >= 11 is 0. The zero-order chi connectivity index (χ0) is 17.6. The van der Waals surface area contributed by atoms with Crippen LogP contribution in [0.1, 0.15) is 15.9 Å². The van der Waals surface area contributed by atoms with E-state index in [1.807, 2.05) is 91.9 Å². The van der Waals surface area contributed by atoms with Crippen molar-refractivity contribution in [3.05, 3.63) is 96.5 Å². The molecule has 0 fully saturated rings. The Balaban J connectivity index is 2.11. The van der Waals surface area contributed by atoms with E-state index < -0.39 is 0 Å². The molecule has 0 aliphatic heterocycles. The predicted octanol–water partition coefficient (Wildman–Crippen LogP) is 4.53. The number of benzene rings is 2. The highest BCUT2D eigenvalue weighted by atomic mass is 16.1. The first kappa shape index (κ1) is 16.7. The van der Waals surface area contributed by atoms with Crippen molar-refractivity contribution in [2.24, 2.45) is 0 Å². The summed E-state index contributed by atoms with van der Waals surface area (Å²) in [4.78, 5) is 19.4. The van der Waals surface area contributed by atoms with E-state index in [1.165, 1.54) is 0 Å². The van der Waals surface area contributed by atoms with Gasteiger partial charge in [-0.05, 0) is 22.8 Å². The van der Waals surface area contributed by atoms with E-state index in [0.717, 1.165) is 16.7 Å². The van der Waals surface area contributed by atoms with Crippen molar-refractivity contribution in [2.45, 2.75) is 0 Å². The minimum atomic E-state index is -0.0353. The Morgan fingerprint density at radius 3 is 2.20 bits per heavy atom. The SMILES string of the molecule is CN(C)/C=C(/C(=O)c1cnccc1-c1ccccc1)c1ccccc1. The molecule has 3 aromatic rings. The van der Waals surface area contributed by atoms with Crippen LogP contribution in [0.5, 0.6) is 0 Å². The van der Waals surface area contributed by atoms with E-state index in [-0.39, 0.29) is 5.78 Å². The number of carbonyl (C=O) groups excluding carboxylic acids is 1.